The molecule has 7 heteroatoms. The van der Waals surface area contributed by atoms with E-state index < -0.39 is 23.2 Å². The molecule has 1 aliphatic heterocycles. The fraction of sp³-hybridized carbons (Fsp3) is 0.652. The van der Waals surface area contributed by atoms with Crippen LogP contribution in [0.2, 0.25) is 0 Å². The summed E-state index contributed by atoms with van der Waals surface area (Å²) in [4.78, 5) is 25.6. The first-order valence-corrected chi connectivity index (χ1v) is 10.5. The number of aliphatic hydroxyl groups is 1. The Morgan fingerprint density at radius 3 is 2.50 bits per heavy atom. The van der Waals surface area contributed by atoms with E-state index in [0.29, 0.717) is 31.9 Å². The molecule has 0 saturated carbocycles. The van der Waals surface area contributed by atoms with Gasteiger partial charge in [-0.25, -0.2) is 4.79 Å². The smallest absolute Gasteiger partial charge is 0.410 e. The van der Waals surface area contributed by atoms with Gasteiger partial charge in [0.15, 0.2) is 0 Å². The lowest BCUT2D eigenvalue weighted by Gasteiger charge is -2.42. The molecular formula is C23H35NO6. The van der Waals surface area contributed by atoms with Gasteiger partial charge in [-0.2, -0.15) is 0 Å². The van der Waals surface area contributed by atoms with Crippen molar-refractivity contribution in [1.29, 1.82) is 0 Å². The van der Waals surface area contributed by atoms with Crippen molar-refractivity contribution in [3.8, 4) is 0 Å². The van der Waals surface area contributed by atoms with E-state index in [9.17, 15) is 14.7 Å². The molecule has 0 unspecified atom stereocenters. The Morgan fingerprint density at radius 1 is 1.27 bits per heavy atom. The number of ether oxygens (including phenoxy) is 3. The molecule has 0 aromatic heterocycles. The van der Waals surface area contributed by atoms with E-state index in [4.69, 9.17) is 14.2 Å². The van der Waals surface area contributed by atoms with Gasteiger partial charge in [0.2, 0.25) is 0 Å². The molecule has 1 amide bonds. The first-order valence-electron chi connectivity index (χ1n) is 10.5. The molecule has 0 radical (unpaired) electrons. The second-order valence-electron chi connectivity index (χ2n) is 9.01. The molecule has 0 aliphatic carbocycles. The highest BCUT2D eigenvalue weighted by atomic mass is 16.6. The zero-order chi connectivity index (χ0) is 22.4. The Morgan fingerprint density at radius 2 is 1.93 bits per heavy atom. The monoisotopic (exact) mass is 421 g/mol. The quantitative estimate of drug-likeness (QED) is 0.512. The highest BCUT2D eigenvalue weighted by Gasteiger charge is 2.44. The van der Waals surface area contributed by atoms with Gasteiger partial charge in [0.25, 0.3) is 0 Å². The van der Waals surface area contributed by atoms with Crippen LogP contribution >= 0.6 is 0 Å². The number of rotatable bonds is 8. The number of nitrogens with zero attached hydrogens (tertiary/aromatic N) is 1. The maximum Gasteiger partial charge on any atom is 0.410 e. The SMILES string of the molecule is CC(C)OCCOCc1ccc([C@@]2(O)CCN(C(=O)OC(C)(C)C)C[C@@H]2C=O)cc1. The lowest BCUT2D eigenvalue weighted by Crippen LogP contribution is -2.53. The van der Waals surface area contributed by atoms with Crippen LogP contribution in [0.15, 0.2) is 24.3 Å². The second kappa shape index (κ2) is 10.4. The summed E-state index contributed by atoms with van der Waals surface area (Å²) in [7, 11) is 0. The number of amides is 1. The highest BCUT2D eigenvalue weighted by molar-refractivity contribution is 5.70. The molecule has 2 rings (SSSR count). The van der Waals surface area contributed by atoms with Crippen molar-refractivity contribution >= 4 is 12.4 Å². The molecule has 1 aromatic carbocycles. The molecule has 1 N–H and O–H groups in total. The summed E-state index contributed by atoms with van der Waals surface area (Å²) in [5.74, 6) is -0.728. The topological polar surface area (TPSA) is 85.3 Å². The number of carbonyl (C=O) groups is 2. The van der Waals surface area contributed by atoms with Crippen molar-refractivity contribution in [3.63, 3.8) is 0 Å². The molecule has 1 aromatic rings. The van der Waals surface area contributed by atoms with Gasteiger partial charge in [0.1, 0.15) is 17.5 Å². The van der Waals surface area contributed by atoms with Gasteiger partial charge < -0.3 is 29.0 Å². The van der Waals surface area contributed by atoms with E-state index >= 15 is 0 Å². The van der Waals surface area contributed by atoms with Crippen molar-refractivity contribution in [2.24, 2.45) is 5.92 Å². The zero-order valence-electron chi connectivity index (χ0n) is 18.7. The van der Waals surface area contributed by atoms with Crippen molar-refractivity contribution < 1.29 is 28.9 Å². The third kappa shape index (κ3) is 6.79. The number of carbonyl (C=O) groups excluding carboxylic acids is 2. The van der Waals surface area contributed by atoms with Crippen LogP contribution in [0.1, 0.15) is 52.2 Å². The molecular weight excluding hydrogens is 386 g/mol. The third-order valence-electron chi connectivity index (χ3n) is 5.01. The van der Waals surface area contributed by atoms with Crippen LogP contribution in [0.5, 0.6) is 0 Å². The van der Waals surface area contributed by atoms with Gasteiger partial charge in [-0.1, -0.05) is 24.3 Å². The summed E-state index contributed by atoms with van der Waals surface area (Å²) in [5, 5.41) is 11.3. The number of piperidine rings is 1. The normalized spacial score (nSPS) is 22.2. The van der Waals surface area contributed by atoms with Gasteiger partial charge >= 0.3 is 6.09 Å². The van der Waals surface area contributed by atoms with E-state index in [0.717, 1.165) is 11.8 Å². The number of hydrogen-bond acceptors (Lipinski definition) is 6. The minimum Gasteiger partial charge on any atom is -0.444 e. The summed E-state index contributed by atoms with van der Waals surface area (Å²) < 4.78 is 16.4. The van der Waals surface area contributed by atoms with Crippen LogP contribution in [0, 0.1) is 5.92 Å². The Balaban J connectivity index is 1.97. The summed E-state index contributed by atoms with van der Waals surface area (Å²) in [5.41, 5.74) is -0.290. The fourth-order valence-electron chi connectivity index (χ4n) is 3.40. The molecule has 2 atom stereocenters. The molecule has 7 nitrogen and oxygen atoms in total. The van der Waals surface area contributed by atoms with E-state index in [1.54, 1.807) is 20.8 Å². The van der Waals surface area contributed by atoms with Crippen LogP contribution in [0.3, 0.4) is 0 Å². The van der Waals surface area contributed by atoms with Crippen molar-refractivity contribution in [2.75, 3.05) is 26.3 Å². The van der Waals surface area contributed by atoms with E-state index in [1.165, 1.54) is 4.90 Å². The molecule has 1 aliphatic rings. The molecule has 1 heterocycles. The summed E-state index contributed by atoms with van der Waals surface area (Å²) in [6, 6.07) is 7.42. The van der Waals surface area contributed by atoms with Crippen LogP contribution in [0.4, 0.5) is 4.79 Å². The Labute approximate surface area is 179 Å². The molecule has 1 saturated heterocycles. The summed E-state index contributed by atoms with van der Waals surface area (Å²) in [6.45, 7) is 11.3. The first kappa shape index (κ1) is 24.3. The van der Waals surface area contributed by atoms with Crippen LogP contribution in [-0.2, 0) is 31.2 Å². The van der Waals surface area contributed by atoms with Gasteiger partial charge in [0, 0.05) is 13.1 Å². The first-order chi connectivity index (χ1) is 14.0. The number of aldehydes is 1. The predicted molar refractivity (Wildman–Crippen MR) is 113 cm³/mol. The average Bonchev–Trinajstić information content (AvgIpc) is 2.67. The van der Waals surface area contributed by atoms with Crippen molar-refractivity contribution in [3.05, 3.63) is 35.4 Å². The van der Waals surface area contributed by atoms with Crippen LogP contribution in [-0.4, -0.2) is 60.4 Å². The molecule has 30 heavy (non-hydrogen) atoms. The maximum atomic E-state index is 12.3. The third-order valence-corrected chi connectivity index (χ3v) is 5.01. The van der Waals surface area contributed by atoms with Gasteiger partial charge in [-0.3, -0.25) is 0 Å². The molecule has 0 bridgehead atoms. The highest BCUT2D eigenvalue weighted by Crippen LogP contribution is 2.37. The summed E-state index contributed by atoms with van der Waals surface area (Å²) >= 11 is 0. The largest absolute Gasteiger partial charge is 0.444 e. The standard InChI is InChI=1S/C23H35NO6/c1-17(2)29-13-12-28-16-18-6-8-19(9-7-18)23(27)10-11-24(14-20(23)15-25)21(26)30-22(3,4)5/h6-9,15,17,20,27H,10-14,16H2,1-5H3/t20-,23+/m1/s1. The fourth-order valence-corrected chi connectivity index (χ4v) is 3.40. The molecule has 1 fully saturated rings. The van der Waals surface area contributed by atoms with Crippen molar-refractivity contribution in [2.45, 2.75) is 65.0 Å². The number of benzene rings is 1. The lowest BCUT2D eigenvalue weighted by molar-refractivity contribution is -0.128. The maximum absolute atomic E-state index is 12.3. The van der Waals surface area contributed by atoms with E-state index in [-0.39, 0.29) is 19.1 Å². The second-order valence-corrected chi connectivity index (χ2v) is 9.01. The minimum absolute atomic E-state index is 0.121. The average molecular weight is 422 g/mol. The van der Waals surface area contributed by atoms with Gasteiger partial charge in [-0.15, -0.1) is 0 Å². The van der Waals surface area contributed by atoms with Crippen LogP contribution < -0.4 is 0 Å². The van der Waals surface area contributed by atoms with E-state index in [1.807, 2.05) is 38.1 Å². The molecule has 168 valence electrons. The minimum atomic E-state index is -1.31. The zero-order valence-corrected chi connectivity index (χ0v) is 18.7. The van der Waals surface area contributed by atoms with Gasteiger partial charge in [0.05, 0.1) is 31.8 Å². The summed E-state index contributed by atoms with van der Waals surface area (Å²) in [6.07, 6.45) is 0.701. The molecule has 0 spiro atoms. The lowest BCUT2D eigenvalue weighted by atomic mass is 9.76. The number of likely N-dealkylation sites (tertiary alicyclic amines) is 1. The Kier molecular flexibility index (Phi) is 8.41. The van der Waals surface area contributed by atoms with E-state index in [2.05, 4.69) is 0 Å². The van der Waals surface area contributed by atoms with Crippen molar-refractivity contribution in [1.82, 2.24) is 4.90 Å². The predicted octanol–water partition coefficient (Wildman–Crippen LogP) is 3.27. The van der Waals surface area contributed by atoms with Crippen LogP contribution in [0.25, 0.3) is 0 Å². The Hall–Kier alpha value is -1.96. The Bertz CT molecular complexity index is 697. The number of hydrogen-bond donors (Lipinski definition) is 1. The van der Waals surface area contributed by atoms with Gasteiger partial charge in [-0.05, 0) is 52.2 Å².